The first-order valence-corrected chi connectivity index (χ1v) is 10.4. The van der Waals surface area contributed by atoms with Gasteiger partial charge < -0.3 is 4.98 Å². The zero-order chi connectivity index (χ0) is 21.7. The Kier molecular flexibility index (Phi) is 5.50. The van der Waals surface area contributed by atoms with Crippen molar-refractivity contribution in [3.63, 3.8) is 0 Å². The van der Waals surface area contributed by atoms with E-state index < -0.39 is 49.6 Å². The summed E-state index contributed by atoms with van der Waals surface area (Å²) in [6, 6.07) is 5.10. The third-order valence-corrected chi connectivity index (χ3v) is 6.70. The first-order chi connectivity index (χ1) is 13.4. The average molecular weight is 445 g/mol. The molecule has 29 heavy (non-hydrogen) atoms. The zero-order valence-corrected chi connectivity index (χ0v) is 16.8. The molecule has 2 aromatic carbocycles. The summed E-state index contributed by atoms with van der Waals surface area (Å²) >= 11 is 5.84. The molecule has 10 heteroatoms. The quantitative estimate of drug-likeness (QED) is 0.635. The standard InChI is InChI=1S/C19H16ClF3N2O3S/c1-8(9(2)29(24,27)28)16-12-6-11(21)7-15(23)17(12)19(26)25-18(16)10-3-4-14(22)13(20)5-10/h3-9H,1-2H3,(H,25,26)(H2,24,27,28). The molecule has 0 saturated carbocycles. The van der Waals surface area contributed by atoms with Crippen LogP contribution in [0.15, 0.2) is 35.1 Å². The highest BCUT2D eigenvalue weighted by atomic mass is 35.5. The van der Waals surface area contributed by atoms with Crippen LogP contribution in [0.25, 0.3) is 22.0 Å². The van der Waals surface area contributed by atoms with E-state index in [9.17, 15) is 26.4 Å². The molecular weight excluding hydrogens is 429 g/mol. The maximum absolute atomic E-state index is 14.4. The van der Waals surface area contributed by atoms with E-state index in [1.807, 2.05) is 0 Å². The molecule has 3 N–H and O–H groups in total. The Morgan fingerprint density at radius 3 is 2.31 bits per heavy atom. The molecule has 1 aromatic heterocycles. The van der Waals surface area contributed by atoms with Crippen LogP contribution in [0, 0.1) is 17.5 Å². The predicted molar refractivity (Wildman–Crippen MR) is 106 cm³/mol. The fourth-order valence-corrected chi connectivity index (χ4v) is 4.15. The van der Waals surface area contributed by atoms with Crippen LogP contribution in [0.4, 0.5) is 13.2 Å². The first kappa shape index (κ1) is 21.4. The second kappa shape index (κ2) is 7.47. The van der Waals surface area contributed by atoms with Gasteiger partial charge in [0.1, 0.15) is 17.5 Å². The van der Waals surface area contributed by atoms with Crippen molar-refractivity contribution >= 4 is 32.4 Å². The van der Waals surface area contributed by atoms with Gasteiger partial charge in [-0.1, -0.05) is 18.5 Å². The lowest BCUT2D eigenvalue weighted by Gasteiger charge is -2.23. The maximum Gasteiger partial charge on any atom is 0.259 e. The third-order valence-electron chi connectivity index (χ3n) is 4.97. The molecule has 0 spiro atoms. The van der Waals surface area contributed by atoms with Crippen molar-refractivity contribution in [1.82, 2.24) is 4.98 Å². The highest BCUT2D eigenvalue weighted by molar-refractivity contribution is 7.89. The first-order valence-electron chi connectivity index (χ1n) is 8.43. The summed E-state index contributed by atoms with van der Waals surface area (Å²) in [7, 11) is -4.03. The van der Waals surface area contributed by atoms with Crippen molar-refractivity contribution in [2.45, 2.75) is 25.0 Å². The Labute approximate surface area is 169 Å². The molecule has 2 atom stereocenters. The highest BCUT2D eigenvalue weighted by Gasteiger charge is 2.30. The van der Waals surface area contributed by atoms with Gasteiger partial charge in [-0.3, -0.25) is 4.79 Å². The zero-order valence-electron chi connectivity index (χ0n) is 15.3. The molecule has 0 radical (unpaired) electrons. The lowest BCUT2D eigenvalue weighted by atomic mass is 9.89. The van der Waals surface area contributed by atoms with Gasteiger partial charge >= 0.3 is 0 Å². The van der Waals surface area contributed by atoms with E-state index in [0.717, 1.165) is 12.1 Å². The summed E-state index contributed by atoms with van der Waals surface area (Å²) in [5.41, 5.74) is -0.407. The van der Waals surface area contributed by atoms with Gasteiger partial charge in [-0.2, -0.15) is 0 Å². The minimum atomic E-state index is -4.03. The van der Waals surface area contributed by atoms with Crippen molar-refractivity contribution in [3.05, 3.63) is 68.7 Å². The van der Waals surface area contributed by atoms with Crippen LogP contribution in [0.5, 0.6) is 0 Å². The molecule has 2 unspecified atom stereocenters. The molecule has 0 aliphatic rings. The van der Waals surface area contributed by atoms with Crippen molar-refractivity contribution in [1.29, 1.82) is 0 Å². The molecular formula is C19H16ClF3N2O3S. The third kappa shape index (κ3) is 3.90. The minimum absolute atomic E-state index is 0.0670. The number of nitrogens with one attached hydrogen (secondary N) is 1. The molecule has 0 aliphatic heterocycles. The van der Waals surface area contributed by atoms with Crippen LogP contribution < -0.4 is 10.7 Å². The monoisotopic (exact) mass is 444 g/mol. The van der Waals surface area contributed by atoms with Crippen molar-refractivity contribution < 1.29 is 21.6 Å². The van der Waals surface area contributed by atoms with E-state index in [0.29, 0.717) is 6.07 Å². The Bertz CT molecular complexity index is 1290. The molecule has 154 valence electrons. The summed E-state index contributed by atoms with van der Waals surface area (Å²) in [5.74, 6) is -3.63. The molecule has 0 fully saturated rings. The van der Waals surface area contributed by atoms with E-state index in [4.69, 9.17) is 16.7 Å². The van der Waals surface area contributed by atoms with E-state index in [-0.39, 0.29) is 27.2 Å². The second-order valence-corrected chi connectivity index (χ2v) is 9.09. The van der Waals surface area contributed by atoms with Crippen molar-refractivity contribution in [3.8, 4) is 11.3 Å². The largest absolute Gasteiger partial charge is 0.321 e. The van der Waals surface area contributed by atoms with Crippen LogP contribution in [0.3, 0.4) is 0 Å². The van der Waals surface area contributed by atoms with Gasteiger partial charge in [0, 0.05) is 17.5 Å². The summed E-state index contributed by atoms with van der Waals surface area (Å²) in [5, 5.41) is 3.34. The Morgan fingerprint density at radius 1 is 1.07 bits per heavy atom. The van der Waals surface area contributed by atoms with Gasteiger partial charge in [-0.05, 0) is 42.1 Å². The normalized spacial score (nSPS) is 14.2. The van der Waals surface area contributed by atoms with E-state index in [1.165, 1.54) is 26.0 Å². The summed E-state index contributed by atoms with van der Waals surface area (Å²) < 4.78 is 65.8. The SMILES string of the molecule is CC(c1c(-c2ccc(F)c(Cl)c2)[nH]c(=O)c2c(F)cc(F)cc12)C(C)S(N)(=O)=O. The lowest BCUT2D eigenvalue weighted by molar-refractivity contribution is 0.571. The number of primary sulfonamides is 1. The number of nitrogens with two attached hydrogens (primary N) is 1. The maximum atomic E-state index is 14.4. The Morgan fingerprint density at radius 2 is 1.72 bits per heavy atom. The van der Waals surface area contributed by atoms with Gasteiger partial charge in [-0.25, -0.2) is 26.7 Å². The lowest BCUT2D eigenvalue weighted by Crippen LogP contribution is -2.31. The molecule has 1 heterocycles. The number of benzene rings is 2. The minimum Gasteiger partial charge on any atom is -0.321 e. The van der Waals surface area contributed by atoms with Gasteiger partial charge in [0.2, 0.25) is 10.0 Å². The van der Waals surface area contributed by atoms with Gasteiger partial charge in [-0.15, -0.1) is 0 Å². The van der Waals surface area contributed by atoms with E-state index in [2.05, 4.69) is 4.98 Å². The second-order valence-electron chi connectivity index (χ2n) is 6.76. The van der Waals surface area contributed by atoms with E-state index >= 15 is 0 Å². The summed E-state index contributed by atoms with van der Waals surface area (Å²) in [4.78, 5) is 15.0. The van der Waals surface area contributed by atoms with Gasteiger partial charge in [0.25, 0.3) is 5.56 Å². The number of sulfonamides is 1. The topological polar surface area (TPSA) is 93.0 Å². The number of aromatic nitrogens is 1. The number of halogens is 4. The molecule has 3 rings (SSSR count). The highest BCUT2D eigenvalue weighted by Crippen LogP contribution is 2.37. The number of hydrogen-bond acceptors (Lipinski definition) is 3. The predicted octanol–water partition coefficient (Wildman–Crippen LogP) is 4.05. The van der Waals surface area contributed by atoms with E-state index in [1.54, 1.807) is 0 Å². The smallest absolute Gasteiger partial charge is 0.259 e. The number of H-pyrrole nitrogens is 1. The van der Waals surface area contributed by atoms with Crippen LogP contribution in [0.2, 0.25) is 5.02 Å². The number of aromatic amines is 1. The molecule has 0 aliphatic carbocycles. The molecule has 0 bridgehead atoms. The molecule has 0 amide bonds. The number of hydrogen-bond donors (Lipinski definition) is 2. The number of fused-ring (bicyclic) bond motifs is 1. The molecule has 5 nitrogen and oxygen atoms in total. The van der Waals surface area contributed by atoms with Crippen LogP contribution in [-0.2, 0) is 10.0 Å². The Balaban J connectivity index is 2.48. The van der Waals surface area contributed by atoms with Gasteiger partial charge in [0.05, 0.1) is 21.4 Å². The van der Waals surface area contributed by atoms with Crippen LogP contribution in [0.1, 0.15) is 25.3 Å². The fourth-order valence-electron chi connectivity index (χ4n) is 3.27. The summed E-state index contributed by atoms with van der Waals surface area (Å²) in [6.45, 7) is 2.84. The number of rotatable bonds is 4. The molecule has 3 aromatic rings. The number of pyridine rings is 1. The fraction of sp³-hybridized carbons (Fsp3) is 0.211. The molecule has 0 saturated heterocycles. The van der Waals surface area contributed by atoms with Crippen molar-refractivity contribution in [2.24, 2.45) is 5.14 Å². The average Bonchev–Trinajstić information content (AvgIpc) is 2.61. The van der Waals surface area contributed by atoms with Crippen molar-refractivity contribution in [2.75, 3.05) is 0 Å². The van der Waals surface area contributed by atoms with Crippen LogP contribution in [-0.4, -0.2) is 18.7 Å². The summed E-state index contributed by atoms with van der Waals surface area (Å²) in [6.07, 6.45) is 0. The van der Waals surface area contributed by atoms with Crippen LogP contribution >= 0.6 is 11.6 Å². The van der Waals surface area contributed by atoms with Gasteiger partial charge in [0.15, 0.2) is 0 Å². The Hall–Kier alpha value is -2.36.